The zero-order valence-electron chi connectivity index (χ0n) is 13.4. The number of nitrogens with zero attached hydrogens (tertiary/aromatic N) is 2. The topological polar surface area (TPSA) is 56.1 Å². The Balaban J connectivity index is 1.69. The molecule has 3 aromatic rings. The van der Waals surface area contributed by atoms with Gasteiger partial charge in [0.15, 0.2) is 0 Å². The fourth-order valence-electron chi connectivity index (χ4n) is 2.39. The first-order valence-electron chi connectivity index (χ1n) is 7.80. The van der Waals surface area contributed by atoms with Gasteiger partial charge in [0, 0.05) is 12.4 Å². The number of nitrogens with one attached hydrogen (secondary N) is 1. The molecule has 1 amide bonds. The molecule has 3 rings (SSSR count). The van der Waals surface area contributed by atoms with Gasteiger partial charge in [0.1, 0.15) is 18.4 Å². The molecule has 5 heteroatoms. The molecule has 2 aromatic carbocycles. The molecule has 0 radical (unpaired) electrons. The van der Waals surface area contributed by atoms with Crippen LogP contribution < -0.4 is 10.1 Å². The van der Waals surface area contributed by atoms with Crippen molar-refractivity contribution in [3.63, 3.8) is 0 Å². The fraction of sp³-hybridized carbons (Fsp3) is 0.158. The fourth-order valence-corrected chi connectivity index (χ4v) is 2.39. The van der Waals surface area contributed by atoms with Crippen LogP contribution in [-0.2, 0) is 11.3 Å². The third kappa shape index (κ3) is 4.01. The van der Waals surface area contributed by atoms with Gasteiger partial charge in [-0.25, -0.2) is 0 Å². The number of hydrogen-bond donors (Lipinski definition) is 1. The monoisotopic (exact) mass is 321 g/mol. The zero-order chi connectivity index (χ0) is 16.8. The Morgan fingerprint density at radius 1 is 1.12 bits per heavy atom. The van der Waals surface area contributed by atoms with Gasteiger partial charge >= 0.3 is 0 Å². The lowest BCUT2D eigenvalue weighted by Gasteiger charge is -2.18. The summed E-state index contributed by atoms with van der Waals surface area (Å²) in [5, 5.41) is 6.91. The Bertz CT molecular complexity index is 785. The molecular weight excluding hydrogens is 302 g/mol. The molecule has 0 spiro atoms. The molecule has 1 atom stereocenters. The van der Waals surface area contributed by atoms with Crippen LogP contribution in [0.3, 0.4) is 0 Å². The van der Waals surface area contributed by atoms with E-state index in [0.29, 0.717) is 11.4 Å². The van der Waals surface area contributed by atoms with Gasteiger partial charge in [-0.1, -0.05) is 42.5 Å². The number of ether oxygens (including phenoxy) is 1. The van der Waals surface area contributed by atoms with Crippen LogP contribution in [0.4, 0.5) is 5.69 Å². The summed E-state index contributed by atoms with van der Waals surface area (Å²) in [4.78, 5) is 12.2. The molecule has 0 fully saturated rings. The Morgan fingerprint density at radius 3 is 2.62 bits per heavy atom. The third-order valence-electron chi connectivity index (χ3n) is 3.60. The lowest BCUT2D eigenvalue weighted by atomic mass is 10.1. The predicted molar refractivity (Wildman–Crippen MR) is 92.8 cm³/mol. The maximum atomic E-state index is 12.2. The molecule has 1 heterocycles. The summed E-state index contributed by atoms with van der Waals surface area (Å²) in [5.41, 5.74) is 1.73. The van der Waals surface area contributed by atoms with Gasteiger partial charge in [-0.3, -0.25) is 9.48 Å². The van der Waals surface area contributed by atoms with Crippen molar-refractivity contribution in [1.29, 1.82) is 0 Å². The highest BCUT2D eigenvalue weighted by Gasteiger charge is 2.12. The second-order valence-electron chi connectivity index (χ2n) is 5.42. The highest BCUT2D eigenvalue weighted by atomic mass is 16.5. The molecular formula is C19H19N3O2. The molecule has 1 N–H and O–H groups in total. The van der Waals surface area contributed by atoms with Crippen LogP contribution in [0.25, 0.3) is 0 Å². The molecule has 0 saturated carbocycles. The van der Waals surface area contributed by atoms with E-state index in [1.54, 1.807) is 23.1 Å². The van der Waals surface area contributed by atoms with E-state index in [2.05, 4.69) is 10.4 Å². The molecule has 0 unspecified atom stereocenters. The summed E-state index contributed by atoms with van der Waals surface area (Å²) in [6.07, 6.45) is 3.28. The molecule has 0 aliphatic carbocycles. The van der Waals surface area contributed by atoms with Crippen molar-refractivity contribution in [1.82, 2.24) is 9.78 Å². The van der Waals surface area contributed by atoms with Gasteiger partial charge in [-0.15, -0.1) is 0 Å². The van der Waals surface area contributed by atoms with Crippen LogP contribution in [-0.4, -0.2) is 15.7 Å². The van der Waals surface area contributed by atoms with Crippen molar-refractivity contribution in [2.45, 2.75) is 19.6 Å². The van der Waals surface area contributed by atoms with Crippen molar-refractivity contribution < 1.29 is 9.53 Å². The molecule has 5 nitrogen and oxygen atoms in total. The number of para-hydroxylation sites is 2. The van der Waals surface area contributed by atoms with Gasteiger partial charge in [0.2, 0.25) is 5.91 Å². The number of amides is 1. The minimum absolute atomic E-state index is 0.115. The van der Waals surface area contributed by atoms with Gasteiger partial charge in [-0.2, -0.15) is 5.10 Å². The van der Waals surface area contributed by atoms with Crippen LogP contribution in [0, 0.1) is 0 Å². The van der Waals surface area contributed by atoms with E-state index in [1.807, 2.05) is 61.5 Å². The van der Waals surface area contributed by atoms with E-state index in [-0.39, 0.29) is 18.6 Å². The van der Waals surface area contributed by atoms with E-state index < -0.39 is 0 Å². The number of benzene rings is 2. The Morgan fingerprint density at radius 2 is 1.88 bits per heavy atom. The SMILES string of the molecule is C[C@H](Oc1ccccc1NC(=O)Cn1cccn1)c1ccccc1. The van der Waals surface area contributed by atoms with Crippen molar-refractivity contribution in [3.05, 3.63) is 78.6 Å². The lowest BCUT2D eigenvalue weighted by Crippen LogP contribution is -2.19. The standard InChI is InChI=1S/C19H19N3O2/c1-15(16-8-3-2-4-9-16)24-18-11-6-5-10-17(18)21-19(23)14-22-13-7-12-20-22/h2-13,15H,14H2,1H3,(H,21,23)/t15-/m0/s1. The number of carbonyl (C=O) groups excluding carboxylic acids is 1. The first kappa shape index (κ1) is 15.8. The van der Waals surface area contributed by atoms with E-state index in [1.165, 1.54) is 0 Å². The number of anilines is 1. The lowest BCUT2D eigenvalue weighted by molar-refractivity contribution is -0.116. The number of rotatable bonds is 6. The largest absolute Gasteiger partial charge is 0.484 e. The summed E-state index contributed by atoms with van der Waals surface area (Å²) >= 11 is 0. The molecule has 0 aliphatic heterocycles. The minimum Gasteiger partial charge on any atom is -0.484 e. The number of aromatic nitrogens is 2. The van der Waals surface area contributed by atoms with Crippen molar-refractivity contribution >= 4 is 11.6 Å². The normalized spacial score (nSPS) is 11.7. The van der Waals surface area contributed by atoms with Gasteiger partial charge in [0.05, 0.1) is 5.69 Å². The van der Waals surface area contributed by atoms with Crippen molar-refractivity contribution in [3.8, 4) is 5.75 Å². The maximum absolute atomic E-state index is 12.2. The van der Waals surface area contributed by atoms with Crippen molar-refractivity contribution in [2.24, 2.45) is 0 Å². The number of hydrogen-bond acceptors (Lipinski definition) is 3. The quantitative estimate of drug-likeness (QED) is 0.754. The molecule has 24 heavy (non-hydrogen) atoms. The van der Waals surface area contributed by atoms with E-state index >= 15 is 0 Å². The van der Waals surface area contributed by atoms with E-state index in [9.17, 15) is 4.79 Å². The predicted octanol–water partition coefficient (Wildman–Crippen LogP) is 3.66. The van der Waals surface area contributed by atoms with E-state index in [4.69, 9.17) is 4.74 Å². The summed E-state index contributed by atoms with van der Waals surface area (Å²) in [5.74, 6) is 0.491. The van der Waals surface area contributed by atoms with Gasteiger partial charge in [0.25, 0.3) is 0 Å². The summed E-state index contributed by atoms with van der Waals surface area (Å²) in [7, 11) is 0. The first-order chi connectivity index (χ1) is 11.7. The van der Waals surface area contributed by atoms with E-state index in [0.717, 1.165) is 5.56 Å². The van der Waals surface area contributed by atoms with Gasteiger partial charge < -0.3 is 10.1 Å². The average Bonchev–Trinajstić information content (AvgIpc) is 3.10. The molecule has 0 aliphatic rings. The second-order valence-corrected chi connectivity index (χ2v) is 5.42. The zero-order valence-corrected chi connectivity index (χ0v) is 13.4. The van der Waals surface area contributed by atoms with Crippen LogP contribution in [0.5, 0.6) is 5.75 Å². The smallest absolute Gasteiger partial charge is 0.246 e. The molecule has 122 valence electrons. The Kier molecular flexibility index (Phi) is 4.91. The molecule has 1 aromatic heterocycles. The summed E-state index contributed by atoms with van der Waals surface area (Å²) < 4.78 is 7.61. The summed E-state index contributed by atoms with van der Waals surface area (Å²) in [6.45, 7) is 2.15. The third-order valence-corrected chi connectivity index (χ3v) is 3.60. The van der Waals surface area contributed by atoms with Crippen LogP contribution in [0.15, 0.2) is 73.1 Å². The van der Waals surface area contributed by atoms with Crippen LogP contribution >= 0.6 is 0 Å². The minimum atomic E-state index is -0.151. The average molecular weight is 321 g/mol. The highest BCUT2D eigenvalue weighted by molar-refractivity contribution is 5.92. The molecule has 0 saturated heterocycles. The molecule has 0 bridgehead atoms. The Labute approximate surface area is 140 Å². The van der Waals surface area contributed by atoms with Crippen LogP contribution in [0.2, 0.25) is 0 Å². The van der Waals surface area contributed by atoms with Gasteiger partial charge in [-0.05, 0) is 30.7 Å². The van der Waals surface area contributed by atoms with Crippen LogP contribution in [0.1, 0.15) is 18.6 Å². The summed E-state index contributed by atoms with van der Waals surface area (Å²) in [6, 6.07) is 19.2. The number of carbonyl (C=O) groups is 1. The first-order valence-corrected chi connectivity index (χ1v) is 7.80. The highest BCUT2D eigenvalue weighted by Crippen LogP contribution is 2.29. The maximum Gasteiger partial charge on any atom is 0.246 e. The Hall–Kier alpha value is -3.08. The second kappa shape index (κ2) is 7.46. The van der Waals surface area contributed by atoms with Crippen molar-refractivity contribution in [2.75, 3.05) is 5.32 Å².